The minimum Gasteiger partial charge on any atom is -0.487 e. The largest absolute Gasteiger partial charge is 0.487 e. The first kappa shape index (κ1) is 13.3. The van der Waals surface area contributed by atoms with Crippen LogP contribution >= 0.6 is 11.8 Å². The number of hydrazine groups is 1. The summed E-state index contributed by atoms with van der Waals surface area (Å²) in [5.74, 6) is 13.5. The fourth-order valence-corrected chi connectivity index (χ4v) is 3.04. The van der Waals surface area contributed by atoms with E-state index >= 15 is 0 Å². The maximum Gasteiger partial charge on any atom is 0.133 e. The Morgan fingerprint density at radius 2 is 2.39 bits per heavy atom. The molecule has 0 aliphatic carbocycles. The Labute approximate surface area is 112 Å². The van der Waals surface area contributed by atoms with Gasteiger partial charge in [0.1, 0.15) is 11.9 Å². The summed E-state index contributed by atoms with van der Waals surface area (Å²) in [5, 5.41) is 0. The Bertz CT molecular complexity index is 453. The number of thioether (sulfide) groups is 1. The van der Waals surface area contributed by atoms with E-state index in [9.17, 15) is 0 Å². The van der Waals surface area contributed by atoms with Crippen LogP contribution < -0.4 is 16.0 Å². The van der Waals surface area contributed by atoms with E-state index in [0.717, 1.165) is 24.3 Å². The third kappa shape index (κ3) is 3.20. The molecule has 2 atom stereocenters. The predicted molar refractivity (Wildman–Crippen MR) is 75.4 cm³/mol. The topological polar surface area (TPSA) is 47.3 Å². The first-order chi connectivity index (χ1) is 8.85. The van der Waals surface area contributed by atoms with Crippen LogP contribution in [0.5, 0.6) is 5.75 Å². The van der Waals surface area contributed by atoms with Gasteiger partial charge in [-0.15, -0.1) is 23.6 Å². The van der Waals surface area contributed by atoms with Gasteiger partial charge in [-0.05, 0) is 25.5 Å². The molecule has 0 aromatic heterocycles. The van der Waals surface area contributed by atoms with Crippen LogP contribution in [-0.4, -0.2) is 17.9 Å². The van der Waals surface area contributed by atoms with Gasteiger partial charge in [-0.25, -0.2) is 0 Å². The van der Waals surface area contributed by atoms with Crippen molar-refractivity contribution in [2.24, 2.45) is 5.84 Å². The molecule has 4 heteroatoms. The van der Waals surface area contributed by atoms with Crippen LogP contribution in [0, 0.1) is 11.8 Å². The SMILES string of the molecule is CC#CCCC(NN)C1CSc2ccccc2O1. The number of nitrogens with one attached hydrogen (secondary N) is 1. The molecule has 1 aromatic carbocycles. The van der Waals surface area contributed by atoms with E-state index < -0.39 is 0 Å². The number of ether oxygens (including phenoxy) is 1. The molecule has 1 aromatic rings. The molecule has 96 valence electrons. The Morgan fingerprint density at radius 3 is 3.17 bits per heavy atom. The van der Waals surface area contributed by atoms with Crippen LogP contribution in [0.3, 0.4) is 0 Å². The normalized spacial score (nSPS) is 19.1. The molecule has 3 nitrogen and oxygen atoms in total. The van der Waals surface area contributed by atoms with E-state index in [0.29, 0.717) is 0 Å². The average molecular weight is 262 g/mol. The van der Waals surface area contributed by atoms with E-state index in [1.807, 2.05) is 36.9 Å². The number of benzene rings is 1. The van der Waals surface area contributed by atoms with Crippen LogP contribution in [0.25, 0.3) is 0 Å². The molecule has 3 N–H and O–H groups in total. The van der Waals surface area contributed by atoms with Gasteiger partial charge in [0.2, 0.25) is 0 Å². The lowest BCUT2D eigenvalue weighted by Gasteiger charge is -2.31. The van der Waals surface area contributed by atoms with Gasteiger partial charge in [-0.1, -0.05) is 12.1 Å². The molecule has 2 rings (SSSR count). The molecule has 1 heterocycles. The summed E-state index contributed by atoms with van der Waals surface area (Å²) in [6.07, 6.45) is 1.86. The van der Waals surface area contributed by atoms with Crippen molar-refractivity contribution in [3.05, 3.63) is 24.3 Å². The van der Waals surface area contributed by atoms with Crippen LogP contribution in [0.1, 0.15) is 19.8 Å². The molecule has 0 saturated heterocycles. The maximum atomic E-state index is 6.00. The number of fused-ring (bicyclic) bond motifs is 1. The summed E-state index contributed by atoms with van der Waals surface area (Å²) in [6.45, 7) is 1.86. The van der Waals surface area contributed by atoms with Crippen LogP contribution in [-0.2, 0) is 0 Å². The van der Waals surface area contributed by atoms with E-state index in [1.165, 1.54) is 4.90 Å². The van der Waals surface area contributed by atoms with Gasteiger partial charge in [-0.2, -0.15) is 0 Å². The molecule has 0 bridgehead atoms. The fraction of sp³-hybridized carbons (Fsp3) is 0.429. The monoisotopic (exact) mass is 262 g/mol. The predicted octanol–water partition coefficient (Wildman–Crippen LogP) is 2.18. The van der Waals surface area contributed by atoms with E-state index in [4.69, 9.17) is 10.6 Å². The molecule has 0 amide bonds. The molecule has 0 spiro atoms. The average Bonchev–Trinajstić information content (AvgIpc) is 2.43. The van der Waals surface area contributed by atoms with Crippen molar-refractivity contribution >= 4 is 11.8 Å². The maximum absolute atomic E-state index is 6.00. The zero-order valence-corrected chi connectivity index (χ0v) is 11.3. The second-order valence-electron chi connectivity index (χ2n) is 4.15. The van der Waals surface area contributed by atoms with Gasteiger partial charge < -0.3 is 4.74 Å². The van der Waals surface area contributed by atoms with Crippen molar-refractivity contribution in [3.63, 3.8) is 0 Å². The summed E-state index contributed by atoms with van der Waals surface area (Å²) < 4.78 is 6.00. The number of nitrogens with two attached hydrogens (primary N) is 1. The lowest BCUT2D eigenvalue weighted by Crippen LogP contribution is -2.48. The smallest absolute Gasteiger partial charge is 0.133 e. The number of rotatable bonds is 4. The van der Waals surface area contributed by atoms with Gasteiger partial charge in [0.15, 0.2) is 0 Å². The standard InChI is InChI=1S/C14H18N2OS/c1-2-3-4-7-11(16-15)13-10-18-14-9-6-5-8-12(14)17-13/h5-6,8-9,11,13,16H,4,7,10,15H2,1H3. The van der Waals surface area contributed by atoms with Crippen molar-refractivity contribution in [2.45, 2.75) is 36.8 Å². The summed E-state index contributed by atoms with van der Waals surface area (Å²) in [6, 6.07) is 8.27. The molecule has 18 heavy (non-hydrogen) atoms. The molecule has 2 unspecified atom stereocenters. The lowest BCUT2D eigenvalue weighted by molar-refractivity contribution is 0.161. The van der Waals surface area contributed by atoms with Crippen LogP contribution in [0.4, 0.5) is 0 Å². The zero-order chi connectivity index (χ0) is 12.8. The van der Waals surface area contributed by atoms with Crippen LogP contribution in [0.2, 0.25) is 0 Å². The molecule has 0 fully saturated rings. The number of hydrogen-bond acceptors (Lipinski definition) is 4. The van der Waals surface area contributed by atoms with E-state index in [2.05, 4.69) is 23.3 Å². The highest BCUT2D eigenvalue weighted by molar-refractivity contribution is 7.99. The van der Waals surface area contributed by atoms with Gasteiger partial charge in [0.05, 0.1) is 6.04 Å². The van der Waals surface area contributed by atoms with Gasteiger partial charge in [0, 0.05) is 17.1 Å². The summed E-state index contributed by atoms with van der Waals surface area (Å²) in [7, 11) is 0. The quantitative estimate of drug-likeness (QED) is 0.496. The van der Waals surface area contributed by atoms with Crippen molar-refractivity contribution < 1.29 is 4.74 Å². The highest BCUT2D eigenvalue weighted by atomic mass is 32.2. The Balaban J connectivity index is 1.99. The van der Waals surface area contributed by atoms with Gasteiger partial charge in [-0.3, -0.25) is 11.3 Å². The van der Waals surface area contributed by atoms with Crippen molar-refractivity contribution in [3.8, 4) is 17.6 Å². The highest BCUT2D eigenvalue weighted by Gasteiger charge is 2.26. The Hall–Kier alpha value is -1.15. The third-order valence-electron chi connectivity index (χ3n) is 2.95. The third-order valence-corrected chi connectivity index (χ3v) is 4.09. The first-order valence-electron chi connectivity index (χ1n) is 6.09. The fourth-order valence-electron chi connectivity index (χ4n) is 1.96. The van der Waals surface area contributed by atoms with Crippen molar-refractivity contribution in [1.82, 2.24) is 5.43 Å². The minimum atomic E-state index is 0.105. The Kier molecular flexibility index (Phi) is 4.94. The molecule has 0 radical (unpaired) electrons. The molecular weight excluding hydrogens is 244 g/mol. The minimum absolute atomic E-state index is 0.105. The Morgan fingerprint density at radius 1 is 1.56 bits per heavy atom. The second-order valence-corrected chi connectivity index (χ2v) is 5.21. The van der Waals surface area contributed by atoms with Gasteiger partial charge in [0.25, 0.3) is 0 Å². The summed E-state index contributed by atoms with van der Waals surface area (Å²) >= 11 is 1.82. The van der Waals surface area contributed by atoms with E-state index in [-0.39, 0.29) is 12.1 Å². The molecule has 1 aliphatic rings. The molecule has 1 aliphatic heterocycles. The number of hydrogen-bond donors (Lipinski definition) is 2. The summed E-state index contributed by atoms with van der Waals surface area (Å²) in [4.78, 5) is 1.21. The summed E-state index contributed by atoms with van der Waals surface area (Å²) in [5.41, 5.74) is 2.86. The van der Waals surface area contributed by atoms with Crippen LogP contribution in [0.15, 0.2) is 29.2 Å². The number of para-hydroxylation sites is 1. The lowest BCUT2D eigenvalue weighted by atomic mass is 10.1. The van der Waals surface area contributed by atoms with E-state index in [1.54, 1.807) is 0 Å². The van der Waals surface area contributed by atoms with Crippen molar-refractivity contribution in [2.75, 3.05) is 5.75 Å². The zero-order valence-electron chi connectivity index (χ0n) is 10.5. The molecule has 0 saturated carbocycles. The molecular formula is C14H18N2OS. The highest BCUT2D eigenvalue weighted by Crippen LogP contribution is 2.35. The van der Waals surface area contributed by atoms with Crippen molar-refractivity contribution in [1.29, 1.82) is 0 Å². The first-order valence-corrected chi connectivity index (χ1v) is 7.08. The van der Waals surface area contributed by atoms with Gasteiger partial charge >= 0.3 is 0 Å². The second kappa shape index (κ2) is 6.69.